The summed E-state index contributed by atoms with van der Waals surface area (Å²) in [6.07, 6.45) is 0. The smallest absolute Gasteiger partial charge is 0.253 e. The van der Waals surface area contributed by atoms with Gasteiger partial charge in [-0.05, 0) is 59.2 Å². The normalized spacial score (nSPS) is 18.4. The van der Waals surface area contributed by atoms with Crippen LogP contribution in [0.4, 0.5) is 4.39 Å². The van der Waals surface area contributed by atoms with E-state index in [1.165, 1.54) is 22.6 Å². The molecule has 2 aromatic carbocycles. The Bertz CT molecular complexity index is 1070. The topological polar surface area (TPSA) is 32.8 Å². The van der Waals surface area contributed by atoms with E-state index >= 15 is 0 Å². The molecule has 1 fully saturated rings. The summed E-state index contributed by atoms with van der Waals surface area (Å²) in [5, 5.41) is 2.12. The second-order valence-electron chi connectivity index (χ2n) is 9.49. The average molecular weight is 481 g/mol. The van der Waals surface area contributed by atoms with E-state index in [-0.39, 0.29) is 23.6 Å². The highest BCUT2D eigenvalue weighted by Gasteiger charge is 2.37. The molecule has 0 spiro atoms. The van der Waals surface area contributed by atoms with Gasteiger partial charge in [-0.1, -0.05) is 38.1 Å². The van der Waals surface area contributed by atoms with Gasteiger partial charge in [0.25, 0.3) is 5.91 Å². The highest BCUT2D eigenvalue weighted by Crippen LogP contribution is 2.39. The summed E-state index contributed by atoms with van der Waals surface area (Å²) in [6, 6.07) is 18.4. The highest BCUT2D eigenvalue weighted by atomic mass is 32.1. The van der Waals surface area contributed by atoms with E-state index < -0.39 is 0 Å². The summed E-state index contributed by atoms with van der Waals surface area (Å²) in [5.41, 5.74) is 1.73. The van der Waals surface area contributed by atoms with E-state index in [1.807, 2.05) is 17.0 Å². The second kappa shape index (κ2) is 11.2. The van der Waals surface area contributed by atoms with Crippen molar-refractivity contribution >= 4 is 17.2 Å². The molecular formula is C28H33FN2O2S. The van der Waals surface area contributed by atoms with Crippen LogP contribution < -0.4 is 4.74 Å². The quantitative estimate of drug-likeness (QED) is 0.382. The van der Waals surface area contributed by atoms with Crippen molar-refractivity contribution in [3.05, 3.63) is 87.9 Å². The molecule has 34 heavy (non-hydrogen) atoms. The van der Waals surface area contributed by atoms with Crippen LogP contribution in [0.15, 0.2) is 66.0 Å². The summed E-state index contributed by atoms with van der Waals surface area (Å²) in [4.78, 5) is 19.2. The third-order valence-electron chi connectivity index (χ3n) is 6.43. The van der Waals surface area contributed by atoms with Gasteiger partial charge in [-0.25, -0.2) is 4.39 Å². The van der Waals surface area contributed by atoms with E-state index in [0.717, 1.165) is 25.4 Å². The lowest BCUT2D eigenvalue weighted by Gasteiger charge is -2.30. The van der Waals surface area contributed by atoms with Crippen LogP contribution >= 0.6 is 11.3 Å². The summed E-state index contributed by atoms with van der Waals surface area (Å²) < 4.78 is 19.2. The second-order valence-corrected chi connectivity index (χ2v) is 10.5. The van der Waals surface area contributed by atoms with Crippen LogP contribution in [0.5, 0.6) is 5.75 Å². The lowest BCUT2D eigenvalue weighted by Crippen LogP contribution is -2.39. The van der Waals surface area contributed by atoms with Crippen molar-refractivity contribution in [2.24, 2.45) is 11.8 Å². The van der Waals surface area contributed by atoms with Crippen LogP contribution in [-0.2, 0) is 6.54 Å². The molecule has 2 atom stereocenters. The predicted molar refractivity (Wildman–Crippen MR) is 136 cm³/mol. The van der Waals surface area contributed by atoms with Gasteiger partial charge in [-0.15, -0.1) is 11.3 Å². The van der Waals surface area contributed by atoms with Crippen molar-refractivity contribution in [1.82, 2.24) is 9.80 Å². The minimum Gasteiger partial charge on any atom is -0.496 e. The molecule has 0 saturated carbocycles. The molecule has 0 bridgehead atoms. The molecule has 180 valence electrons. The van der Waals surface area contributed by atoms with Gasteiger partial charge in [0, 0.05) is 49.1 Å². The number of carbonyl (C=O) groups excluding carboxylic acids is 1. The molecule has 0 radical (unpaired) electrons. The third kappa shape index (κ3) is 5.86. The number of methoxy groups -OCH3 is 1. The number of hydrogen-bond acceptors (Lipinski definition) is 4. The average Bonchev–Trinajstić information content (AvgIpc) is 3.48. The molecule has 0 aliphatic carbocycles. The number of carbonyl (C=O) groups is 1. The standard InChI is InChI=1S/C28H33FN2O2S/c1-20(2)15-31(28(32)21-10-12-23(29)13-11-21)17-22-16-30(18-24-7-6-14-34-24)19-26(22)25-8-4-5-9-27(25)33-3/h4-14,20,22,26H,15-19H2,1-3H3. The Morgan fingerprint density at radius 3 is 2.56 bits per heavy atom. The lowest BCUT2D eigenvalue weighted by atomic mass is 9.87. The van der Waals surface area contributed by atoms with E-state index in [4.69, 9.17) is 4.74 Å². The molecule has 4 rings (SSSR count). The number of halogens is 1. The van der Waals surface area contributed by atoms with Gasteiger partial charge in [0.05, 0.1) is 7.11 Å². The molecule has 2 heterocycles. The maximum absolute atomic E-state index is 13.5. The van der Waals surface area contributed by atoms with Gasteiger partial charge in [-0.3, -0.25) is 9.69 Å². The number of nitrogens with zero attached hydrogens (tertiary/aromatic N) is 2. The van der Waals surface area contributed by atoms with Crippen molar-refractivity contribution in [2.45, 2.75) is 26.3 Å². The number of para-hydroxylation sites is 1. The highest BCUT2D eigenvalue weighted by molar-refractivity contribution is 7.09. The number of thiophene rings is 1. The molecule has 4 nitrogen and oxygen atoms in total. The predicted octanol–water partition coefficient (Wildman–Crippen LogP) is 5.91. The molecule has 0 N–H and O–H groups in total. The van der Waals surface area contributed by atoms with Gasteiger partial charge in [-0.2, -0.15) is 0 Å². The van der Waals surface area contributed by atoms with Crippen molar-refractivity contribution in [3.63, 3.8) is 0 Å². The van der Waals surface area contributed by atoms with Crippen molar-refractivity contribution in [1.29, 1.82) is 0 Å². The summed E-state index contributed by atoms with van der Waals surface area (Å²) in [6.45, 7) is 8.31. The maximum atomic E-state index is 13.5. The number of ether oxygens (including phenoxy) is 1. The van der Waals surface area contributed by atoms with Gasteiger partial charge in [0.1, 0.15) is 11.6 Å². The summed E-state index contributed by atoms with van der Waals surface area (Å²) in [7, 11) is 1.72. The maximum Gasteiger partial charge on any atom is 0.253 e. The number of hydrogen-bond donors (Lipinski definition) is 0. The monoisotopic (exact) mass is 480 g/mol. The Kier molecular flexibility index (Phi) is 8.01. The minimum atomic E-state index is -0.330. The summed E-state index contributed by atoms with van der Waals surface area (Å²) >= 11 is 1.78. The fourth-order valence-corrected chi connectivity index (χ4v) is 5.71. The Morgan fingerprint density at radius 1 is 1.12 bits per heavy atom. The van der Waals surface area contributed by atoms with E-state index in [2.05, 4.69) is 48.4 Å². The summed E-state index contributed by atoms with van der Waals surface area (Å²) in [5.74, 6) is 1.38. The van der Waals surface area contributed by atoms with Gasteiger partial charge < -0.3 is 9.64 Å². The molecule has 3 aromatic rings. The molecule has 2 unspecified atom stereocenters. The van der Waals surface area contributed by atoms with Crippen molar-refractivity contribution in [2.75, 3.05) is 33.3 Å². The van der Waals surface area contributed by atoms with Crippen molar-refractivity contribution < 1.29 is 13.9 Å². The SMILES string of the molecule is COc1ccccc1C1CN(Cc2cccs2)CC1CN(CC(C)C)C(=O)c1ccc(F)cc1. The Hall–Kier alpha value is -2.70. The van der Waals surface area contributed by atoms with Crippen LogP contribution in [0.25, 0.3) is 0 Å². The Labute approximate surface area is 206 Å². The first-order valence-corrected chi connectivity index (χ1v) is 12.7. The van der Waals surface area contributed by atoms with Crippen LogP contribution in [0.1, 0.15) is 40.6 Å². The lowest BCUT2D eigenvalue weighted by molar-refractivity contribution is 0.0703. The van der Waals surface area contributed by atoms with Crippen molar-refractivity contribution in [3.8, 4) is 5.75 Å². The molecule has 1 aliphatic rings. The fourth-order valence-electron chi connectivity index (χ4n) is 4.96. The number of benzene rings is 2. The van der Waals surface area contributed by atoms with Gasteiger partial charge >= 0.3 is 0 Å². The molecule has 1 aliphatic heterocycles. The molecule has 1 aromatic heterocycles. The van der Waals surface area contributed by atoms with Crippen LogP contribution in [0, 0.1) is 17.7 Å². The largest absolute Gasteiger partial charge is 0.496 e. The molecule has 1 amide bonds. The number of rotatable bonds is 9. The fraction of sp³-hybridized carbons (Fsp3) is 0.393. The first-order valence-electron chi connectivity index (χ1n) is 11.9. The van der Waals surface area contributed by atoms with E-state index in [9.17, 15) is 9.18 Å². The van der Waals surface area contributed by atoms with Gasteiger partial charge in [0.2, 0.25) is 0 Å². The first kappa shape index (κ1) is 24.4. The minimum absolute atomic E-state index is 0.0378. The van der Waals surface area contributed by atoms with Crippen LogP contribution in [-0.4, -0.2) is 49.0 Å². The van der Waals surface area contributed by atoms with Crippen LogP contribution in [0.3, 0.4) is 0 Å². The zero-order chi connectivity index (χ0) is 24.1. The molecule has 1 saturated heterocycles. The zero-order valence-electron chi connectivity index (χ0n) is 20.1. The number of likely N-dealkylation sites (tertiary alicyclic amines) is 1. The van der Waals surface area contributed by atoms with Crippen LogP contribution in [0.2, 0.25) is 0 Å². The van der Waals surface area contributed by atoms with Gasteiger partial charge in [0.15, 0.2) is 0 Å². The zero-order valence-corrected chi connectivity index (χ0v) is 20.9. The molecule has 6 heteroatoms. The van der Waals surface area contributed by atoms with E-state index in [1.54, 1.807) is 30.6 Å². The first-order chi connectivity index (χ1) is 16.4. The number of amides is 1. The van der Waals surface area contributed by atoms with E-state index in [0.29, 0.717) is 24.6 Å². The molecular weight excluding hydrogens is 447 g/mol. The Balaban J connectivity index is 1.60. The Morgan fingerprint density at radius 2 is 1.88 bits per heavy atom. The third-order valence-corrected chi connectivity index (χ3v) is 7.29.